The van der Waals surface area contributed by atoms with E-state index in [1.165, 1.54) is 0 Å². The third kappa shape index (κ3) is 3.04. The van der Waals surface area contributed by atoms with E-state index in [4.69, 9.17) is 5.11 Å². The first-order valence-electron chi connectivity index (χ1n) is 4.36. The average Bonchev–Trinajstić information content (AvgIpc) is 2.50. The van der Waals surface area contributed by atoms with Crippen molar-refractivity contribution in [2.24, 2.45) is 0 Å². The Bertz CT molecular complexity index is 311. The lowest BCUT2D eigenvalue weighted by Crippen LogP contribution is -2.26. The molecule has 0 saturated heterocycles. The maximum Gasteiger partial charge on any atom is 0.264 e. The molecule has 0 saturated carbocycles. The summed E-state index contributed by atoms with van der Waals surface area (Å²) in [6.45, 7) is 3.90. The first-order valence-corrected chi connectivity index (χ1v) is 5.14. The highest BCUT2D eigenvalue weighted by Crippen LogP contribution is 2.08. The molecule has 1 aromatic heterocycles. The summed E-state index contributed by atoms with van der Waals surface area (Å²) in [6.07, 6.45) is 0.160. The third-order valence-electron chi connectivity index (χ3n) is 1.71. The van der Waals surface area contributed by atoms with Crippen molar-refractivity contribution in [1.82, 2.24) is 14.9 Å². The maximum atomic E-state index is 11.4. The Hall–Kier alpha value is -1.01. The molecule has 0 spiro atoms. The lowest BCUT2D eigenvalue weighted by molar-refractivity contribution is 0.0949. The summed E-state index contributed by atoms with van der Waals surface area (Å²) in [6, 6.07) is 0. The number of aryl methyl sites for hydroxylation is 1. The molecular weight excluding hydrogens is 202 g/mol. The third-order valence-corrected chi connectivity index (χ3v) is 2.53. The number of carbonyl (C=O) groups excluding carboxylic acids is 1. The van der Waals surface area contributed by atoms with Crippen LogP contribution in [-0.4, -0.2) is 33.2 Å². The summed E-state index contributed by atoms with van der Waals surface area (Å²) in [4.78, 5) is 12.0. The number of hydrogen-bond donors (Lipinski definition) is 2. The number of carbonyl (C=O) groups is 1. The Labute approximate surface area is 86.3 Å². The van der Waals surface area contributed by atoms with E-state index in [-0.39, 0.29) is 5.91 Å². The van der Waals surface area contributed by atoms with Crippen molar-refractivity contribution >= 4 is 17.4 Å². The van der Waals surface area contributed by atoms with Crippen molar-refractivity contribution in [3.8, 4) is 0 Å². The lowest BCUT2D eigenvalue weighted by Gasteiger charge is -2.04. The van der Waals surface area contributed by atoms with Gasteiger partial charge in [-0.3, -0.25) is 4.79 Å². The quantitative estimate of drug-likeness (QED) is 0.759. The van der Waals surface area contributed by atoms with Gasteiger partial charge in [-0.2, -0.15) is 0 Å². The number of aliphatic hydroxyl groups is 1. The Morgan fingerprint density at radius 3 is 2.93 bits per heavy atom. The van der Waals surface area contributed by atoms with E-state index in [0.29, 0.717) is 23.5 Å². The van der Waals surface area contributed by atoms with Gasteiger partial charge < -0.3 is 10.4 Å². The fraction of sp³-hybridized carbons (Fsp3) is 0.625. The molecular formula is C8H13N3O2S. The summed E-state index contributed by atoms with van der Waals surface area (Å²) in [5.74, 6) is -0.168. The topological polar surface area (TPSA) is 75.1 Å². The molecule has 0 radical (unpaired) electrons. The predicted molar refractivity (Wildman–Crippen MR) is 53.3 cm³/mol. The van der Waals surface area contributed by atoms with Crippen molar-refractivity contribution in [1.29, 1.82) is 0 Å². The minimum atomic E-state index is -0.393. The van der Waals surface area contributed by atoms with Gasteiger partial charge in [-0.05, 0) is 31.8 Å². The van der Waals surface area contributed by atoms with Crippen molar-refractivity contribution in [2.45, 2.75) is 26.4 Å². The second kappa shape index (κ2) is 5.02. The predicted octanol–water partition coefficient (Wildman–Crippen LogP) is 0.347. The zero-order chi connectivity index (χ0) is 10.6. The van der Waals surface area contributed by atoms with E-state index in [9.17, 15) is 4.79 Å². The van der Waals surface area contributed by atoms with Crippen LogP contribution in [0.1, 0.15) is 28.7 Å². The largest absolute Gasteiger partial charge is 0.393 e. The van der Waals surface area contributed by atoms with Crippen molar-refractivity contribution in [3.05, 3.63) is 10.6 Å². The molecule has 14 heavy (non-hydrogen) atoms. The fourth-order valence-electron chi connectivity index (χ4n) is 0.915. The minimum Gasteiger partial charge on any atom is -0.393 e. The van der Waals surface area contributed by atoms with Gasteiger partial charge >= 0.3 is 0 Å². The Morgan fingerprint density at radius 1 is 1.71 bits per heavy atom. The standard InChI is InChI=1S/C8H13N3O2S/c1-5(12)3-4-9-8(13)7-6(2)10-11-14-7/h5,12H,3-4H2,1-2H3,(H,9,13). The van der Waals surface area contributed by atoms with Crippen LogP contribution in [0.3, 0.4) is 0 Å². The molecule has 2 N–H and O–H groups in total. The summed E-state index contributed by atoms with van der Waals surface area (Å²) in [5.41, 5.74) is 0.643. The monoisotopic (exact) mass is 215 g/mol. The molecule has 0 fully saturated rings. The first kappa shape index (κ1) is 11.1. The lowest BCUT2D eigenvalue weighted by atomic mass is 10.3. The molecule has 0 aliphatic rings. The van der Waals surface area contributed by atoms with Gasteiger partial charge in [0.05, 0.1) is 11.8 Å². The molecule has 1 rings (SSSR count). The number of rotatable bonds is 4. The van der Waals surface area contributed by atoms with Crippen LogP contribution in [0.15, 0.2) is 0 Å². The van der Waals surface area contributed by atoms with E-state index in [1.54, 1.807) is 13.8 Å². The average molecular weight is 215 g/mol. The number of nitrogens with one attached hydrogen (secondary N) is 1. The molecule has 6 heteroatoms. The van der Waals surface area contributed by atoms with Crippen LogP contribution in [0.2, 0.25) is 0 Å². The Kier molecular flexibility index (Phi) is 3.97. The van der Waals surface area contributed by atoms with Crippen LogP contribution in [0.5, 0.6) is 0 Å². The normalized spacial score (nSPS) is 12.5. The molecule has 1 atom stereocenters. The fourth-order valence-corrected chi connectivity index (χ4v) is 1.49. The zero-order valence-electron chi connectivity index (χ0n) is 8.15. The number of aliphatic hydroxyl groups excluding tert-OH is 1. The van der Waals surface area contributed by atoms with Crippen molar-refractivity contribution < 1.29 is 9.90 Å². The SMILES string of the molecule is Cc1nnsc1C(=O)NCCC(C)O. The summed E-state index contributed by atoms with van der Waals surface area (Å²) in [7, 11) is 0. The molecule has 78 valence electrons. The number of hydrogen-bond acceptors (Lipinski definition) is 5. The molecule has 0 aliphatic heterocycles. The number of aromatic nitrogens is 2. The molecule has 1 aromatic rings. The van der Waals surface area contributed by atoms with Crippen LogP contribution in [-0.2, 0) is 0 Å². The van der Waals surface area contributed by atoms with Crippen LogP contribution in [0.25, 0.3) is 0 Å². The van der Waals surface area contributed by atoms with Crippen LogP contribution >= 0.6 is 11.5 Å². The van der Waals surface area contributed by atoms with Gasteiger partial charge in [-0.1, -0.05) is 4.49 Å². The Balaban J connectivity index is 2.40. The van der Waals surface area contributed by atoms with Gasteiger partial charge in [0.1, 0.15) is 4.88 Å². The molecule has 5 nitrogen and oxygen atoms in total. The Morgan fingerprint density at radius 2 is 2.43 bits per heavy atom. The second-order valence-electron chi connectivity index (χ2n) is 3.08. The van der Waals surface area contributed by atoms with Crippen molar-refractivity contribution in [2.75, 3.05) is 6.54 Å². The highest BCUT2D eigenvalue weighted by Gasteiger charge is 2.12. The molecule has 1 heterocycles. The highest BCUT2D eigenvalue weighted by molar-refractivity contribution is 7.07. The van der Waals surface area contributed by atoms with E-state index in [0.717, 1.165) is 11.5 Å². The molecule has 0 bridgehead atoms. The van der Waals surface area contributed by atoms with E-state index in [1.807, 2.05) is 0 Å². The number of amides is 1. The summed E-state index contributed by atoms with van der Waals surface area (Å²) in [5, 5.41) is 15.4. The number of nitrogens with zero attached hydrogens (tertiary/aromatic N) is 2. The van der Waals surface area contributed by atoms with Crippen LogP contribution < -0.4 is 5.32 Å². The summed E-state index contributed by atoms with van der Waals surface area (Å²) < 4.78 is 3.67. The summed E-state index contributed by atoms with van der Waals surface area (Å²) >= 11 is 1.08. The first-order chi connectivity index (χ1) is 6.61. The minimum absolute atomic E-state index is 0.168. The van der Waals surface area contributed by atoms with Crippen molar-refractivity contribution in [3.63, 3.8) is 0 Å². The molecule has 1 amide bonds. The molecule has 0 aliphatic carbocycles. The van der Waals surface area contributed by atoms with Crippen LogP contribution in [0, 0.1) is 6.92 Å². The second-order valence-corrected chi connectivity index (χ2v) is 3.84. The van der Waals surface area contributed by atoms with Crippen LogP contribution in [0.4, 0.5) is 0 Å². The van der Waals surface area contributed by atoms with Gasteiger partial charge in [-0.25, -0.2) is 0 Å². The van der Waals surface area contributed by atoms with Gasteiger partial charge in [0.25, 0.3) is 5.91 Å². The van der Waals surface area contributed by atoms with E-state index < -0.39 is 6.10 Å². The van der Waals surface area contributed by atoms with Gasteiger partial charge in [-0.15, -0.1) is 5.10 Å². The van der Waals surface area contributed by atoms with Gasteiger partial charge in [0.15, 0.2) is 0 Å². The van der Waals surface area contributed by atoms with Gasteiger partial charge in [0, 0.05) is 6.54 Å². The molecule has 1 unspecified atom stereocenters. The zero-order valence-corrected chi connectivity index (χ0v) is 8.97. The highest BCUT2D eigenvalue weighted by atomic mass is 32.1. The molecule has 0 aromatic carbocycles. The maximum absolute atomic E-state index is 11.4. The van der Waals surface area contributed by atoms with E-state index in [2.05, 4.69) is 14.9 Å². The van der Waals surface area contributed by atoms with Gasteiger partial charge in [0.2, 0.25) is 0 Å². The van der Waals surface area contributed by atoms with E-state index >= 15 is 0 Å². The smallest absolute Gasteiger partial charge is 0.264 e.